The molecule has 6 nitrogen and oxygen atoms in total. The third-order valence-electron chi connectivity index (χ3n) is 3.57. The minimum absolute atomic E-state index is 0.0622. The van der Waals surface area contributed by atoms with Crippen LogP contribution < -0.4 is 5.32 Å². The van der Waals surface area contributed by atoms with Crippen molar-refractivity contribution in [1.82, 2.24) is 19.5 Å². The molecule has 0 aromatic carbocycles. The van der Waals surface area contributed by atoms with Crippen LogP contribution in [0.2, 0.25) is 0 Å². The van der Waals surface area contributed by atoms with Crippen molar-refractivity contribution in [3.05, 3.63) is 29.6 Å². The summed E-state index contributed by atoms with van der Waals surface area (Å²) in [4.78, 5) is 24.7. The normalized spacial score (nSPS) is 14.3. The highest BCUT2D eigenvalue weighted by Crippen LogP contribution is 2.30. The van der Waals surface area contributed by atoms with E-state index in [0.29, 0.717) is 11.6 Å². The van der Waals surface area contributed by atoms with E-state index >= 15 is 0 Å². The number of aromatic nitrogens is 4. The van der Waals surface area contributed by atoms with Gasteiger partial charge in [0.25, 0.3) is 0 Å². The Kier molecular flexibility index (Phi) is 3.00. The van der Waals surface area contributed by atoms with E-state index in [-0.39, 0.29) is 11.8 Å². The summed E-state index contributed by atoms with van der Waals surface area (Å²) in [5.74, 6) is 1.67. The minimum Gasteiger partial charge on any atom is -0.323 e. The quantitative estimate of drug-likeness (QED) is 0.925. The number of anilines is 1. The van der Waals surface area contributed by atoms with Crippen molar-refractivity contribution >= 4 is 11.6 Å². The fourth-order valence-electron chi connectivity index (χ4n) is 2.16. The maximum absolute atomic E-state index is 11.7. The van der Waals surface area contributed by atoms with Gasteiger partial charge in [-0.15, -0.1) is 0 Å². The molecular formula is C14H17N5O. The molecule has 0 aliphatic heterocycles. The molecule has 0 atom stereocenters. The first kappa shape index (κ1) is 12.8. The Hall–Kier alpha value is -2.24. The van der Waals surface area contributed by atoms with Crippen molar-refractivity contribution in [2.24, 2.45) is 5.92 Å². The number of rotatable bonds is 3. The standard InChI is InChI=1S/C14H17N5O/c1-8-9(2)19(10(3)17-8)14-15-6-12(7-16-14)18-13(20)11-4-5-11/h6-7,11H,4-5H2,1-3H3,(H,18,20). The van der Waals surface area contributed by atoms with Crippen LogP contribution in [0.25, 0.3) is 5.95 Å². The molecule has 2 aromatic rings. The fraction of sp³-hybridized carbons (Fsp3) is 0.429. The first-order chi connectivity index (χ1) is 9.56. The van der Waals surface area contributed by atoms with Crippen molar-refractivity contribution in [2.75, 3.05) is 5.32 Å². The summed E-state index contributed by atoms with van der Waals surface area (Å²) < 4.78 is 1.90. The van der Waals surface area contributed by atoms with E-state index in [1.54, 1.807) is 12.4 Å². The Labute approximate surface area is 117 Å². The number of nitrogens with zero attached hydrogens (tertiary/aromatic N) is 4. The van der Waals surface area contributed by atoms with Gasteiger partial charge in [-0.05, 0) is 33.6 Å². The zero-order valence-electron chi connectivity index (χ0n) is 11.8. The Bertz CT molecular complexity index is 655. The average Bonchev–Trinajstić information content (AvgIpc) is 3.21. The molecule has 0 unspecified atom stereocenters. The maximum atomic E-state index is 11.7. The third kappa shape index (κ3) is 2.29. The number of carbonyl (C=O) groups excluding carboxylic acids is 1. The second-order valence-corrected chi connectivity index (χ2v) is 5.20. The Morgan fingerprint density at radius 1 is 1.25 bits per heavy atom. The lowest BCUT2D eigenvalue weighted by Crippen LogP contribution is -2.14. The van der Waals surface area contributed by atoms with Crippen LogP contribution in [-0.4, -0.2) is 25.4 Å². The molecule has 6 heteroatoms. The van der Waals surface area contributed by atoms with Gasteiger partial charge in [0.15, 0.2) is 0 Å². The average molecular weight is 271 g/mol. The molecule has 1 fully saturated rings. The predicted octanol–water partition coefficient (Wildman–Crippen LogP) is 1.94. The minimum atomic E-state index is 0.0622. The van der Waals surface area contributed by atoms with Crippen molar-refractivity contribution in [3.63, 3.8) is 0 Å². The Balaban J connectivity index is 1.83. The first-order valence-corrected chi connectivity index (χ1v) is 6.72. The van der Waals surface area contributed by atoms with Crippen molar-refractivity contribution in [3.8, 4) is 5.95 Å². The maximum Gasteiger partial charge on any atom is 0.235 e. The van der Waals surface area contributed by atoms with Gasteiger partial charge in [-0.2, -0.15) is 0 Å². The number of imidazole rings is 1. The van der Waals surface area contributed by atoms with Crippen molar-refractivity contribution in [1.29, 1.82) is 0 Å². The van der Waals surface area contributed by atoms with E-state index in [9.17, 15) is 4.79 Å². The summed E-state index contributed by atoms with van der Waals surface area (Å²) >= 11 is 0. The van der Waals surface area contributed by atoms with Crippen LogP contribution in [0.1, 0.15) is 30.1 Å². The largest absolute Gasteiger partial charge is 0.323 e. The topological polar surface area (TPSA) is 72.7 Å². The molecule has 0 spiro atoms. The molecular weight excluding hydrogens is 254 g/mol. The van der Waals surface area contributed by atoms with Crippen LogP contribution >= 0.6 is 0 Å². The second-order valence-electron chi connectivity index (χ2n) is 5.20. The summed E-state index contributed by atoms with van der Waals surface area (Å²) in [6, 6.07) is 0. The molecule has 1 aliphatic rings. The number of amides is 1. The van der Waals surface area contributed by atoms with Gasteiger partial charge in [0.05, 0.1) is 23.8 Å². The highest BCUT2D eigenvalue weighted by Gasteiger charge is 2.29. The summed E-state index contributed by atoms with van der Waals surface area (Å²) in [5, 5.41) is 2.83. The Morgan fingerprint density at radius 3 is 2.40 bits per heavy atom. The summed E-state index contributed by atoms with van der Waals surface area (Å²) in [7, 11) is 0. The van der Waals surface area contributed by atoms with Crippen LogP contribution in [0.5, 0.6) is 0 Å². The van der Waals surface area contributed by atoms with Crippen LogP contribution in [0.4, 0.5) is 5.69 Å². The lowest BCUT2D eigenvalue weighted by atomic mass is 10.4. The molecule has 0 saturated heterocycles. The van der Waals surface area contributed by atoms with Crippen molar-refractivity contribution in [2.45, 2.75) is 33.6 Å². The molecule has 104 valence electrons. The molecule has 1 N–H and O–H groups in total. The van der Waals surface area contributed by atoms with E-state index in [1.165, 1.54) is 0 Å². The van der Waals surface area contributed by atoms with Crippen LogP contribution in [0.15, 0.2) is 12.4 Å². The molecule has 3 rings (SSSR count). The SMILES string of the molecule is Cc1nc(C)n(-c2ncc(NC(=O)C3CC3)cn2)c1C. The first-order valence-electron chi connectivity index (χ1n) is 6.72. The molecule has 1 amide bonds. The monoisotopic (exact) mass is 271 g/mol. The van der Waals surface area contributed by atoms with Gasteiger partial charge in [0.1, 0.15) is 5.82 Å². The van der Waals surface area contributed by atoms with Gasteiger partial charge in [-0.25, -0.2) is 15.0 Å². The summed E-state index contributed by atoms with van der Waals surface area (Å²) in [6.07, 6.45) is 5.24. The third-order valence-corrected chi connectivity index (χ3v) is 3.57. The molecule has 2 heterocycles. The number of hydrogen-bond donors (Lipinski definition) is 1. The predicted molar refractivity (Wildman–Crippen MR) is 74.7 cm³/mol. The van der Waals surface area contributed by atoms with Gasteiger partial charge >= 0.3 is 0 Å². The molecule has 1 saturated carbocycles. The number of carbonyl (C=O) groups is 1. The lowest BCUT2D eigenvalue weighted by Gasteiger charge is -2.07. The van der Waals surface area contributed by atoms with Crippen LogP contribution in [0, 0.1) is 26.7 Å². The molecule has 1 aliphatic carbocycles. The number of nitrogens with one attached hydrogen (secondary N) is 1. The van der Waals surface area contributed by atoms with E-state index < -0.39 is 0 Å². The van der Waals surface area contributed by atoms with Crippen molar-refractivity contribution < 1.29 is 4.79 Å². The zero-order valence-corrected chi connectivity index (χ0v) is 11.8. The molecule has 0 radical (unpaired) electrons. The molecule has 0 bridgehead atoms. The van der Waals surface area contributed by atoms with E-state index in [2.05, 4.69) is 20.3 Å². The van der Waals surface area contributed by atoms with E-state index in [0.717, 1.165) is 30.1 Å². The fourth-order valence-corrected chi connectivity index (χ4v) is 2.16. The second kappa shape index (κ2) is 4.70. The van der Waals surface area contributed by atoms with Gasteiger partial charge < -0.3 is 5.32 Å². The number of aryl methyl sites for hydroxylation is 2. The van der Waals surface area contributed by atoms with E-state index in [4.69, 9.17) is 0 Å². The van der Waals surface area contributed by atoms with Gasteiger partial charge in [0, 0.05) is 11.6 Å². The van der Waals surface area contributed by atoms with Gasteiger partial charge in [0.2, 0.25) is 11.9 Å². The highest BCUT2D eigenvalue weighted by molar-refractivity contribution is 5.93. The van der Waals surface area contributed by atoms with E-state index in [1.807, 2.05) is 25.3 Å². The lowest BCUT2D eigenvalue weighted by molar-refractivity contribution is -0.117. The van der Waals surface area contributed by atoms with Crippen LogP contribution in [0.3, 0.4) is 0 Å². The Morgan fingerprint density at radius 2 is 1.90 bits per heavy atom. The highest BCUT2D eigenvalue weighted by atomic mass is 16.2. The number of hydrogen-bond acceptors (Lipinski definition) is 4. The molecule has 2 aromatic heterocycles. The van der Waals surface area contributed by atoms with Gasteiger partial charge in [-0.3, -0.25) is 9.36 Å². The smallest absolute Gasteiger partial charge is 0.235 e. The summed E-state index contributed by atoms with van der Waals surface area (Å²) in [6.45, 7) is 5.87. The van der Waals surface area contributed by atoms with Gasteiger partial charge in [-0.1, -0.05) is 0 Å². The molecule has 20 heavy (non-hydrogen) atoms. The summed E-state index contributed by atoms with van der Waals surface area (Å²) in [5.41, 5.74) is 2.63. The zero-order chi connectivity index (χ0) is 14.3. The van der Waals surface area contributed by atoms with Crippen LogP contribution in [-0.2, 0) is 4.79 Å².